The van der Waals surface area contributed by atoms with E-state index in [4.69, 9.17) is 4.98 Å². The summed E-state index contributed by atoms with van der Waals surface area (Å²) in [5, 5.41) is 0. The van der Waals surface area contributed by atoms with Crippen molar-refractivity contribution in [2.45, 2.75) is 9.79 Å². The third-order valence-electron chi connectivity index (χ3n) is 3.81. The van der Waals surface area contributed by atoms with Crippen LogP contribution in [-0.2, 0) is 0 Å². The summed E-state index contributed by atoms with van der Waals surface area (Å²) < 4.78 is 0. The van der Waals surface area contributed by atoms with Crippen LogP contribution in [0.4, 0.5) is 0 Å². The molecule has 0 aliphatic heterocycles. The van der Waals surface area contributed by atoms with Gasteiger partial charge in [-0.1, -0.05) is 90.6 Å². The van der Waals surface area contributed by atoms with Gasteiger partial charge in [-0.15, -0.1) is 0 Å². The first kappa shape index (κ1) is 15.6. The van der Waals surface area contributed by atoms with Crippen LogP contribution in [0, 0.1) is 0 Å². The average molecular weight is 340 g/mol. The minimum absolute atomic E-state index is 0.747. The molecule has 0 radical (unpaired) electrons. The molecule has 0 N–H and O–H groups in total. The summed E-state index contributed by atoms with van der Waals surface area (Å²) in [7, 11) is 0. The van der Waals surface area contributed by atoms with Crippen LogP contribution < -0.4 is 0 Å². The van der Waals surface area contributed by atoms with E-state index in [0.717, 1.165) is 27.5 Å². The molecule has 0 spiro atoms. The fourth-order valence-corrected chi connectivity index (χ4v) is 3.50. The molecule has 4 rings (SSSR count). The summed E-state index contributed by atoms with van der Waals surface area (Å²) >= 11 is 1.69. The van der Waals surface area contributed by atoms with Gasteiger partial charge in [0.15, 0.2) is 5.82 Å². The molecule has 0 atom stereocenters. The van der Waals surface area contributed by atoms with E-state index in [-0.39, 0.29) is 0 Å². The van der Waals surface area contributed by atoms with Crippen molar-refractivity contribution in [3.8, 4) is 22.6 Å². The molecular formula is C22H16N2S. The summed E-state index contributed by atoms with van der Waals surface area (Å²) in [6, 6.07) is 30.7. The Hall–Kier alpha value is -2.91. The Labute approximate surface area is 151 Å². The third-order valence-corrected chi connectivity index (χ3v) is 4.83. The molecule has 0 bridgehead atoms. The number of nitrogens with zero attached hydrogens (tertiary/aromatic N) is 2. The minimum Gasteiger partial charge on any atom is -0.235 e. The Kier molecular flexibility index (Phi) is 4.57. The highest BCUT2D eigenvalue weighted by Crippen LogP contribution is 2.35. The SMILES string of the molecule is c1ccc(Sc2cnc(-c3ccccc3)nc2-c2ccccc2)cc1. The van der Waals surface area contributed by atoms with Crippen molar-refractivity contribution < 1.29 is 0 Å². The molecule has 4 aromatic rings. The number of hydrogen-bond donors (Lipinski definition) is 0. The normalized spacial score (nSPS) is 10.6. The minimum atomic E-state index is 0.747. The number of benzene rings is 3. The van der Waals surface area contributed by atoms with Crippen LogP contribution in [0.5, 0.6) is 0 Å². The fourth-order valence-electron chi connectivity index (χ4n) is 2.59. The Balaban J connectivity index is 1.81. The summed E-state index contributed by atoms with van der Waals surface area (Å²) in [6.07, 6.45) is 1.93. The highest BCUT2D eigenvalue weighted by molar-refractivity contribution is 7.99. The van der Waals surface area contributed by atoms with E-state index in [1.54, 1.807) is 11.8 Å². The van der Waals surface area contributed by atoms with E-state index in [2.05, 4.69) is 29.2 Å². The lowest BCUT2D eigenvalue weighted by Gasteiger charge is -2.10. The van der Waals surface area contributed by atoms with E-state index in [1.807, 2.05) is 72.9 Å². The van der Waals surface area contributed by atoms with Crippen LogP contribution in [0.15, 0.2) is 107 Å². The van der Waals surface area contributed by atoms with Crippen molar-refractivity contribution in [1.29, 1.82) is 0 Å². The molecule has 120 valence electrons. The Morgan fingerprint density at radius 3 is 1.80 bits per heavy atom. The van der Waals surface area contributed by atoms with Gasteiger partial charge < -0.3 is 0 Å². The zero-order valence-corrected chi connectivity index (χ0v) is 14.4. The Morgan fingerprint density at radius 1 is 0.600 bits per heavy atom. The highest BCUT2D eigenvalue weighted by atomic mass is 32.2. The summed E-state index contributed by atoms with van der Waals surface area (Å²) in [5.41, 5.74) is 3.08. The molecule has 3 heteroatoms. The summed E-state index contributed by atoms with van der Waals surface area (Å²) in [6.45, 7) is 0. The Bertz CT molecular complexity index is 955. The van der Waals surface area contributed by atoms with Gasteiger partial charge in [-0.3, -0.25) is 0 Å². The van der Waals surface area contributed by atoms with Crippen molar-refractivity contribution in [3.63, 3.8) is 0 Å². The number of rotatable bonds is 4. The van der Waals surface area contributed by atoms with Gasteiger partial charge >= 0.3 is 0 Å². The van der Waals surface area contributed by atoms with Crippen LogP contribution in [0.1, 0.15) is 0 Å². The maximum absolute atomic E-state index is 4.88. The van der Waals surface area contributed by atoms with Crippen molar-refractivity contribution in [2.75, 3.05) is 0 Å². The second kappa shape index (κ2) is 7.32. The van der Waals surface area contributed by atoms with Gasteiger partial charge in [0.1, 0.15) is 0 Å². The van der Waals surface area contributed by atoms with Gasteiger partial charge in [-0.25, -0.2) is 9.97 Å². The smallest absolute Gasteiger partial charge is 0.159 e. The monoisotopic (exact) mass is 340 g/mol. The molecule has 0 aliphatic carbocycles. The summed E-state index contributed by atoms with van der Waals surface area (Å²) in [4.78, 5) is 11.7. The second-order valence-corrected chi connectivity index (χ2v) is 6.67. The van der Waals surface area contributed by atoms with Crippen LogP contribution in [0.25, 0.3) is 22.6 Å². The first-order chi connectivity index (χ1) is 12.4. The van der Waals surface area contributed by atoms with E-state index >= 15 is 0 Å². The second-order valence-electron chi connectivity index (χ2n) is 5.55. The lowest BCUT2D eigenvalue weighted by atomic mass is 10.1. The van der Waals surface area contributed by atoms with Crippen LogP contribution in [0.2, 0.25) is 0 Å². The molecule has 1 aromatic heterocycles. The van der Waals surface area contributed by atoms with E-state index in [0.29, 0.717) is 0 Å². The van der Waals surface area contributed by atoms with Gasteiger partial charge in [0.25, 0.3) is 0 Å². The zero-order chi connectivity index (χ0) is 16.9. The molecule has 3 aromatic carbocycles. The van der Waals surface area contributed by atoms with Crippen molar-refractivity contribution in [3.05, 3.63) is 97.2 Å². The molecule has 0 amide bonds. The predicted molar refractivity (Wildman–Crippen MR) is 103 cm³/mol. The van der Waals surface area contributed by atoms with Gasteiger partial charge in [0.05, 0.1) is 10.6 Å². The van der Waals surface area contributed by atoms with E-state index in [1.165, 1.54) is 4.90 Å². The van der Waals surface area contributed by atoms with Crippen LogP contribution in [0.3, 0.4) is 0 Å². The Morgan fingerprint density at radius 2 is 1.16 bits per heavy atom. The van der Waals surface area contributed by atoms with Crippen molar-refractivity contribution in [1.82, 2.24) is 9.97 Å². The third kappa shape index (κ3) is 3.62. The lowest BCUT2D eigenvalue weighted by Crippen LogP contribution is -1.94. The van der Waals surface area contributed by atoms with Crippen LogP contribution >= 0.6 is 11.8 Å². The predicted octanol–water partition coefficient (Wildman–Crippen LogP) is 5.96. The van der Waals surface area contributed by atoms with Gasteiger partial charge in [-0.05, 0) is 12.1 Å². The number of hydrogen-bond acceptors (Lipinski definition) is 3. The molecule has 1 heterocycles. The van der Waals surface area contributed by atoms with Crippen LogP contribution in [-0.4, -0.2) is 9.97 Å². The maximum atomic E-state index is 4.88. The largest absolute Gasteiger partial charge is 0.235 e. The van der Waals surface area contributed by atoms with Gasteiger partial charge in [0.2, 0.25) is 0 Å². The van der Waals surface area contributed by atoms with E-state index in [9.17, 15) is 0 Å². The first-order valence-electron chi connectivity index (χ1n) is 8.11. The molecule has 0 fully saturated rings. The quantitative estimate of drug-likeness (QED) is 0.458. The molecule has 0 saturated heterocycles. The van der Waals surface area contributed by atoms with Gasteiger partial charge in [-0.2, -0.15) is 0 Å². The van der Waals surface area contributed by atoms with Crippen molar-refractivity contribution >= 4 is 11.8 Å². The topological polar surface area (TPSA) is 25.8 Å². The molecule has 0 saturated carbocycles. The van der Waals surface area contributed by atoms with Gasteiger partial charge in [0, 0.05) is 22.2 Å². The number of aromatic nitrogens is 2. The molecule has 25 heavy (non-hydrogen) atoms. The van der Waals surface area contributed by atoms with E-state index < -0.39 is 0 Å². The fraction of sp³-hybridized carbons (Fsp3) is 0. The molecule has 2 nitrogen and oxygen atoms in total. The zero-order valence-electron chi connectivity index (χ0n) is 13.5. The molecular weight excluding hydrogens is 324 g/mol. The lowest BCUT2D eigenvalue weighted by molar-refractivity contribution is 1.11. The first-order valence-corrected chi connectivity index (χ1v) is 8.92. The average Bonchev–Trinajstić information content (AvgIpc) is 2.70. The molecule has 0 unspecified atom stereocenters. The standard InChI is InChI=1S/C22H16N2S/c1-4-10-17(11-5-1)21-20(25-19-14-8-3-9-15-19)16-23-22(24-21)18-12-6-2-7-13-18/h1-16H. The molecule has 0 aliphatic rings. The van der Waals surface area contributed by atoms with Crippen molar-refractivity contribution in [2.24, 2.45) is 0 Å². The maximum Gasteiger partial charge on any atom is 0.159 e. The highest BCUT2D eigenvalue weighted by Gasteiger charge is 2.12. The summed E-state index contributed by atoms with van der Waals surface area (Å²) in [5.74, 6) is 0.747.